The van der Waals surface area contributed by atoms with Gasteiger partial charge in [-0.1, -0.05) is 30.3 Å². The van der Waals surface area contributed by atoms with Crippen molar-refractivity contribution in [2.75, 3.05) is 26.2 Å². The van der Waals surface area contributed by atoms with Gasteiger partial charge in [0.25, 0.3) is 0 Å². The molecule has 0 unspecified atom stereocenters. The molecule has 4 rings (SSSR count). The first-order chi connectivity index (χ1) is 11.8. The van der Waals surface area contributed by atoms with E-state index in [4.69, 9.17) is 5.73 Å². The smallest absolute Gasteiger partial charge is 0.227 e. The van der Waals surface area contributed by atoms with Crippen molar-refractivity contribution in [1.82, 2.24) is 9.80 Å². The average Bonchev–Trinajstić information content (AvgIpc) is 3.24. The van der Waals surface area contributed by atoms with E-state index in [0.29, 0.717) is 23.9 Å². The fourth-order valence-electron chi connectivity index (χ4n) is 5.06. The Bertz CT molecular complexity index is 568. The van der Waals surface area contributed by atoms with Crippen molar-refractivity contribution >= 4 is 5.91 Å². The maximum absolute atomic E-state index is 13.2. The van der Waals surface area contributed by atoms with Crippen LogP contribution in [0.25, 0.3) is 0 Å². The lowest BCUT2D eigenvalue weighted by atomic mass is 9.91. The second-order valence-corrected chi connectivity index (χ2v) is 7.72. The zero-order chi connectivity index (χ0) is 16.5. The molecule has 130 valence electrons. The van der Waals surface area contributed by atoms with E-state index in [2.05, 4.69) is 40.1 Å². The number of fused-ring (bicyclic) bond motifs is 1. The summed E-state index contributed by atoms with van der Waals surface area (Å²) in [5.74, 6) is 1.20. The second-order valence-electron chi connectivity index (χ2n) is 7.72. The monoisotopic (exact) mass is 327 g/mol. The van der Waals surface area contributed by atoms with Crippen LogP contribution in [0.2, 0.25) is 0 Å². The van der Waals surface area contributed by atoms with Crippen LogP contribution < -0.4 is 5.73 Å². The van der Waals surface area contributed by atoms with Crippen LogP contribution in [-0.2, 0) is 4.79 Å². The number of nitrogens with zero attached hydrogens (tertiary/aromatic N) is 2. The number of rotatable bonds is 3. The summed E-state index contributed by atoms with van der Waals surface area (Å²) in [6.07, 6.45) is 5.55. The van der Waals surface area contributed by atoms with E-state index < -0.39 is 0 Å². The molecule has 0 radical (unpaired) electrons. The molecule has 3 heterocycles. The SMILES string of the molecule is NCC1CCN(C(=O)[C@H]2C[C@@H](c3ccccc3)N3CCC[C@H]23)CC1. The number of nitrogens with two attached hydrogens (primary N) is 1. The van der Waals surface area contributed by atoms with Gasteiger partial charge in [0.05, 0.1) is 5.92 Å². The van der Waals surface area contributed by atoms with E-state index in [1.165, 1.54) is 18.4 Å². The molecule has 3 aliphatic heterocycles. The topological polar surface area (TPSA) is 49.6 Å². The molecule has 3 aliphatic rings. The fourth-order valence-corrected chi connectivity index (χ4v) is 5.06. The molecule has 4 nitrogen and oxygen atoms in total. The summed E-state index contributed by atoms with van der Waals surface area (Å²) >= 11 is 0. The summed E-state index contributed by atoms with van der Waals surface area (Å²) in [6, 6.07) is 11.6. The van der Waals surface area contributed by atoms with Crippen LogP contribution >= 0.6 is 0 Å². The highest BCUT2D eigenvalue weighted by Gasteiger charge is 2.48. The maximum Gasteiger partial charge on any atom is 0.227 e. The predicted molar refractivity (Wildman–Crippen MR) is 95.4 cm³/mol. The number of hydrogen-bond donors (Lipinski definition) is 1. The molecule has 0 spiro atoms. The van der Waals surface area contributed by atoms with Crippen molar-refractivity contribution in [3.05, 3.63) is 35.9 Å². The number of benzene rings is 1. The highest BCUT2D eigenvalue weighted by atomic mass is 16.2. The van der Waals surface area contributed by atoms with Gasteiger partial charge in [0.1, 0.15) is 0 Å². The number of piperidine rings is 1. The maximum atomic E-state index is 13.2. The van der Waals surface area contributed by atoms with Gasteiger partial charge in [-0.3, -0.25) is 9.69 Å². The zero-order valence-corrected chi connectivity index (χ0v) is 14.4. The zero-order valence-electron chi connectivity index (χ0n) is 14.4. The Labute approximate surface area is 145 Å². The summed E-state index contributed by atoms with van der Waals surface area (Å²) in [4.78, 5) is 17.9. The molecule has 3 saturated heterocycles. The van der Waals surface area contributed by atoms with Gasteiger partial charge in [-0.15, -0.1) is 0 Å². The molecule has 3 fully saturated rings. The van der Waals surface area contributed by atoms with E-state index >= 15 is 0 Å². The van der Waals surface area contributed by atoms with Crippen LogP contribution in [0.4, 0.5) is 0 Å². The highest BCUT2D eigenvalue weighted by Crippen LogP contribution is 2.45. The van der Waals surface area contributed by atoms with Gasteiger partial charge in [0.2, 0.25) is 5.91 Å². The minimum Gasteiger partial charge on any atom is -0.342 e. The van der Waals surface area contributed by atoms with E-state index in [-0.39, 0.29) is 5.92 Å². The summed E-state index contributed by atoms with van der Waals surface area (Å²) in [5.41, 5.74) is 7.17. The molecule has 2 N–H and O–H groups in total. The van der Waals surface area contributed by atoms with Gasteiger partial charge >= 0.3 is 0 Å². The first kappa shape index (κ1) is 16.1. The van der Waals surface area contributed by atoms with Crippen molar-refractivity contribution in [1.29, 1.82) is 0 Å². The van der Waals surface area contributed by atoms with Crippen molar-refractivity contribution in [3.63, 3.8) is 0 Å². The molecule has 0 aliphatic carbocycles. The number of amides is 1. The number of carbonyl (C=O) groups excluding carboxylic acids is 1. The first-order valence-corrected chi connectivity index (χ1v) is 9.57. The number of likely N-dealkylation sites (tertiary alicyclic amines) is 1. The molecule has 0 bridgehead atoms. The minimum atomic E-state index is 0.187. The van der Waals surface area contributed by atoms with Gasteiger partial charge in [-0.2, -0.15) is 0 Å². The third kappa shape index (κ3) is 2.86. The molecule has 0 aromatic heterocycles. The van der Waals surface area contributed by atoms with Gasteiger partial charge in [-0.25, -0.2) is 0 Å². The summed E-state index contributed by atoms with van der Waals surface area (Å²) in [6.45, 7) is 3.71. The van der Waals surface area contributed by atoms with E-state index in [0.717, 1.165) is 45.4 Å². The molecule has 1 amide bonds. The van der Waals surface area contributed by atoms with Crippen LogP contribution in [-0.4, -0.2) is 47.9 Å². The summed E-state index contributed by atoms with van der Waals surface area (Å²) < 4.78 is 0. The molecule has 1 aromatic carbocycles. The van der Waals surface area contributed by atoms with Crippen molar-refractivity contribution in [2.24, 2.45) is 17.6 Å². The van der Waals surface area contributed by atoms with Gasteiger partial charge in [0, 0.05) is 25.2 Å². The molecular formula is C20H29N3O. The lowest BCUT2D eigenvalue weighted by molar-refractivity contribution is -0.137. The number of hydrogen-bond acceptors (Lipinski definition) is 3. The molecule has 1 aromatic rings. The molecule has 4 heteroatoms. The van der Waals surface area contributed by atoms with Gasteiger partial charge < -0.3 is 10.6 Å². The quantitative estimate of drug-likeness (QED) is 0.927. The van der Waals surface area contributed by atoms with E-state index in [1.807, 2.05) is 0 Å². The Kier molecular flexibility index (Phi) is 4.59. The molecule has 24 heavy (non-hydrogen) atoms. The van der Waals surface area contributed by atoms with Crippen LogP contribution in [0.1, 0.15) is 43.7 Å². The largest absolute Gasteiger partial charge is 0.342 e. The Balaban J connectivity index is 1.48. The third-order valence-corrected chi connectivity index (χ3v) is 6.45. The normalized spacial score (nSPS) is 31.4. The Morgan fingerprint density at radius 3 is 2.54 bits per heavy atom. The summed E-state index contributed by atoms with van der Waals surface area (Å²) in [7, 11) is 0. The van der Waals surface area contributed by atoms with Gasteiger partial charge in [-0.05, 0) is 56.7 Å². The lowest BCUT2D eigenvalue weighted by Gasteiger charge is -2.34. The van der Waals surface area contributed by atoms with Crippen LogP contribution in [0.5, 0.6) is 0 Å². The predicted octanol–water partition coefficient (Wildman–Crippen LogP) is 2.41. The molecule has 3 atom stereocenters. The summed E-state index contributed by atoms with van der Waals surface area (Å²) in [5, 5.41) is 0. The third-order valence-electron chi connectivity index (χ3n) is 6.45. The van der Waals surface area contributed by atoms with Crippen LogP contribution in [0.15, 0.2) is 30.3 Å². The fraction of sp³-hybridized carbons (Fsp3) is 0.650. The minimum absolute atomic E-state index is 0.187. The van der Waals surface area contributed by atoms with Crippen molar-refractivity contribution < 1.29 is 4.79 Å². The Morgan fingerprint density at radius 1 is 1.08 bits per heavy atom. The number of carbonyl (C=O) groups is 1. The van der Waals surface area contributed by atoms with Crippen LogP contribution in [0, 0.1) is 11.8 Å². The average molecular weight is 327 g/mol. The Morgan fingerprint density at radius 2 is 1.83 bits per heavy atom. The molecular weight excluding hydrogens is 298 g/mol. The standard InChI is InChI=1S/C20H29N3O/c21-14-15-8-11-22(12-9-15)20(24)17-13-19(16-5-2-1-3-6-16)23-10-4-7-18(17)23/h1-3,5-6,15,17-19H,4,7-14,21H2/t17-,18+,19-/m0/s1. The van der Waals surface area contributed by atoms with E-state index in [9.17, 15) is 4.79 Å². The lowest BCUT2D eigenvalue weighted by Crippen LogP contribution is -2.45. The van der Waals surface area contributed by atoms with Gasteiger partial charge in [0.15, 0.2) is 0 Å². The van der Waals surface area contributed by atoms with Crippen LogP contribution in [0.3, 0.4) is 0 Å². The Hall–Kier alpha value is -1.39. The van der Waals surface area contributed by atoms with Crippen molar-refractivity contribution in [2.45, 2.75) is 44.2 Å². The highest BCUT2D eigenvalue weighted by molar-refractivity contribution is 5.80. The van der Waals surface area contributed by atoms with Crippen molar-refractivity contribution in [3.8, 4) is 0 Å². The first-order valence-electron chi connectivity index (χ1n) is 9.57. The second kappa shape index (κ2) is 6.85. The molecule has 0 saturated carbocycles. The van der Waals surface area contributed by atoms with E-state index in [1.54, 1.807) is 0 Å².